The number of rotatable bonds is 3. The van der Waals surface area contributed by atoms with Crippen LogP contribution in [0.25, 0.3) is 0 Å². The zero-order chi connectivity index (χ0) is 13.3. The fraction of sp³-hybridized carbons (Fsp3) is 0.250. The summed E-state index contributed by atoms with van der Waals surface area (Å²) in [4.78, 5) is 4.28. The quantitative estimate of drug-likeness (QED) is 0.837. The van der Waals surface area contributed by atoms with Crippen molar-refractivity contribution in [3.8, 4) is 0 Å². The summed E-state index contributed by atoms with van der Waals surface area (Å²) >= 11 is 4.72. The second-order valence-electron chi connectivity index (χ2n) is 4.44. The number of thiazole rings is 1. The number of nitrogens with zero attached hydrogens (tertiary/aromatic N) is 1. The molecule has 0 fully saturated rings. The van der Waals surface area contributed by atoms with Crippen molar-refractivity contribution in [1.82, 2.24) is 4.98 Å². The number of nitrogen functional groups attached to an aromatic ring is 1. The highest BCUT2D eigenvalue weighted by Gasteiger charge is 2.24. The average molecular weight is 330 g/mol. The third kappa shape index (κ3) is 2.64. The second kappa shape index (κ2) is 4.85. The molecule has 0 bridgehead atoms. The molecule has 1 aromatic carbocycles. The van der Waals surface area contributed by atoms with Gasteiger partial charge in [-0.05, 0) is 35.8 Å². The van der Waals surface area contributed by atoms with Gasteiger partial charge in [-0.3, -0.25) is 0 Å². The van der Waals surface area contributed by atoms with Crippen molar-refractivity contribution in [3.05, 3.63) is 39.0 Å². The van der Waals surface area contributed by atoms with E-state index in [1.165, 1.54) is 6.07 Å². The maximum absolute atomic E-state index is 13.3. The van der Waals surface area contributed by atoms with Gasteiger partial charge in [-0.1, -0.05) is 0 Å². The Morgan fingerprint density at radius 2 is 2.17 bits per heavy atom. The van der Waals surface area contributed by atoms with Gasteiger partial charge in [0.05, 0.1) is 21.4 Å². The Morgan fingerprint density at radius 3 is 2.78 bits per heavy atom. The number of halogens is 2. The Labute approximate surface area is 117 Å². The Balaban J connectivity index is 2.32. The van der Waals surface area contributed by atoms with Gasteiger partial charge in [0.15, 0.2) is 0 Å². The summed E-state index contributed by atoms with van der Waals surface area (Å²) in [6, 6.07) is 2.93. The number of anilines is 2. The highest BCUT2D eigenvalue weighted by Crippen LogP contribution is 2.32. The van der Waals surface area contributed by atoms with Crippen LogP contribution in [-0.4, -0.2) is 4.98 Å². The predicted molar refractivity (Wildman–Crippen MR) is 77.3 cm³/mol. The van der Waals surface area contributed by atoms with Gasteiger partial charge in [0.25, 0.3) is 0 Å². The summed E-state index contributed by atoms with van der Waals surface area (Å²) in [7, 11) is 0. The molecule has 3 nitrogen and oxygen atoms in total. The normalized spacial score (nSPS) is 11.6. The summed E-state index contributed by atoms with van der Waals surface area (Å²) in [5, 5.41) is 6.15. The molecule has 1 heterocycles. The Morgan fingerprint density at radius 1 is 1.44 bits per heavy atom. The number of aromatic nitrogens is 1. The molecule has 0 unspecified atom stereocenters. The largest absolute Gasteiger partial charge is 0.397 e. The van der Waals surface area contributed by atoms with E-state index >= 15 is 0 Å². The molecule has 0 saturated heterocycles. The Hall–Kier alpha value is -1.14. The number of benzene rings is 1. The Bertz CT molecular complexity index is 555. The van der Waals surface area contributed by atoms with Gasteiger partial charge in [0.1, 0.15) is 10.8 Å². The van der Waals surface area contributed by atoms with Crippen LogP contribution in [0.4, 0.5) is 15.8 Å². The molecule has 0 radical (unpaired) electrons. The first kappa shape index (κ1) is 13.3. The van der Waals surface area contributed by atoms with Crippen LogP contribution in [0.2, 0.25) is 0 Å². The van der Waals surface area contributed by atoms with Crippen LogP contribution in [0, 0.1) is 5.82 Å². The molecule has 0 aliphatic rings. The number of hydrogen-bond acceptors (Lipinski definition) is 4. The van der Waals surface area contributed by atoms with Gasteiger partial charge in [-0.25, -0.2) is 9.37 Å². The number of nitrogens with two attached hydrogens (primary N) is 1. The van der Waals surface area contributed by atoms with Crippen LogP contribution in [0.15, 0.2) is 28.2 Å². The molecular weight excluding hydrogens is 317 g/mol. The van der Waals surface area contributed by atoms with E-state index in [1.54, 1.807) is 23.6 Å². The molecule has 0 amide bonds. The summed E-state index contributed by atoms with van der Waals surface area (Å²) < 4.78 is 13.7. The van der Waals surface area contributed by atoms with Gasteiger partial charge in [0, 0.05) is 17.6 Å². The molecule has 1 aromatic heterocycles. The van der Waals surface area contributed by atoms with E-state index in [4.69, 9.17) is 5.73 Å². The zero-order valence-electron chi connectivity index (χ0n) is 10.00. The molecule has 0 aliphatic heterocycles. The zero-order valence-corrected chi connectivity index (χ0v) is 12.4. The minimum Gasteiger partial charge on any atom is -0.397 e. The van der Waals surface area contributed by atoms with Crippen LogP contribution in [0.3, 0.4) is 0 Å². The molecule has 2 aromatic rings. The highest BCUT2D eigenvalue weighted by atomic mass is 79.9. The average Bonchev–Trinajstić information content (AvgIpc) is 2.79. The maximum atomic E-state index is 13.3. The van der Waals surface area contributed by atoms with Crippen molar-refractivity contribution in [1.29, 1.82) is 0 Å². The van der Waals surface area contributed by atoms with Crippen LogP contribution >= 0.6 is 27.3 Å². The van der Waals surface area contributed by atoms with Crippen molar-refractivity contribution in [3.63, 3.8) is 0 Å². The van der Waals surface area contributed by atoms with Crippen molar-refractivity contribution in [2.45, 2.75) is 19.4 Å². The lowest BCUT2D eigenvalue weighted by Gasteiger charge is -2.26. The molecule has 96 valence electrons. The van der Waals surface area contributed by atoms with Gasteiger partial charge >= 0.3 is 0 Å². The molecule has 3 N–H and O–H groups in total. The molecule has 0 aliphatic carbocycles. The number of hydrogen-bond donors (Lipinski definition) is 2. The maximum Gasteiger partial charge on any atom is 0.139 e. The van der Waals surface area contributed by atoms with Crippen molar-refractivity contribution < 1.29 is 4.39 Å². The lowest BCUT2D eigenvalue weighted by atomic mass is 10.1. The minimum atomic E-state index is -0.370. The SMILES string of the molecule is CC(C)(Nc1cc(Br)c(F)cc1N)c1nccs1. The summed E-state index contributed by atoms with van der Waals surface area (Å²) in [6.07, 6.45) is 1.76. The van der Waals surface area contributed by atoms with Crippen LogP contribution in [-0.2, 0) is 5.54 Å². The molecular formula is C12H13BrFN3S. The van der Waals surface area contributed by atoms with E-state index < -0.39 is 0 Å². The molecule has 0 atom stereocenters. The highest BCUT2D eigenvalue weighted by molar-refractivity contribution is 9.10. The van der Waals surface area contributed by atoms with Crippen LogP contribution < -0.4 is 11.1 Å². The fourth-order valence-corrected chi connectivity index (χ4v) is 2.65. The third-order valence-corrected chi connectivity index (χ3v) is 4.21. The lowest BCUT2D eigenvalue weighted by Crippen LogP contribution is -2.28. The molecule has 18 heavy (non-hydrogen) atoms. The van der Waals surface area contributed by atoms with E-state index in [1.807, 2.05) is 19.2 Å². The minimum absolute atomic E-state index is 0.362. The first-order valence-corrected chi connectivity index (χ1v) is 7.00. The topological polar surface area (TPSA) is 50.9 Å². The van der Waals surface area contributed by atoms with Gasteiger partial charge in [-0.15, -0.1) is 11.3 Å². The second-order valence-corrected chi connectivity index (χ2v) is 6.19. The van der Waals surface area contributed by atoms with Crippen LogP contribution in [0.1, 0.15) is 18.9 Å². The first-order chi connectivity index (χ1) is 8.40. The van der Waals surface area contributed by atoms with E-state index in [9.17, 15) is 4.39 Å². The van der Waals surface area contributed by atoms with E-state index in [0.29, 0.717) is 15.8 Å². The third-order valence-electron chi connectivity index (χ3n) is 2.51. The van der Waals surface area contributed by atoms with E-state index in [-0.39, 0.29) is 11.4 Å². The van der Waals surface area contributed by atoms with E-state index in [0.717, 1.165) is 5.01 Å². The van der Waals surface area contributed by atoms with Crippen molar-refractivity contribution >= 4 is 38.6 Å². The molecule has 6 heteroatoms. The van der Waals surface area contributed by atoms with Gasteiger partial charge in [-0.2, -0.15) is 0 Å². The summed E-state index contributed by atoms with van der Waals surface area (Å²) in [6.45, 7) is 4.01. The Kier molecular flexibility index (Phi) is 3.59. The van der Waals surface area contributed by atoms with Gasteiger partial charge < -0.3 is 11.1 Å². The summed E-state index contributed by atoms with van der Waals surface area (Å²) in [5.74, 6) is -0.370. The lowest BCUT2D eigenvalue weighted by molar-refractivity contribution is 0.601. The smallest absolute Gasteiger partial charge is 0.139 e. The number of nitrogens with one attached hydrogen (secondary N) is 1. The molecule has 0 saturated carbocycles. The monoisotopic (exact) mass is 329 g/mol. The summed E-state index contributed by atoms with van der Waals surface area (Å²) in [5.41, 5.74) is 6.51. The molecule has 0 spiro atoms. The first-order valence-electron chi connectivity index (χ1n) is 5.33. The van der Waals surface area contributed by atoms with Crippen molar-refractivity contribution in [2.75, 3.05) is 11.1 Å². The van der Waals surface area contributed by atoms with Crippen molar-refractivity contribution in [2.24, 2.45) is 0 Å². The molecule has 2 rings (SSSR count). The predicted octanol–water partition coefficient (Wildman–Crippen LogP) is 3.97. The standard InChI is InChI=1S/C12H13BrFN3S/c1-12(2,11-16-3-4-18-11)17-10-5-7(13)8(14)6-9(10)15/h3-6,17H,15H2,1-2H3. The van der Waals surface area contributed by atoms with Crippen LogP contribution in [0.5, 0.6) is 0 Å². The van der Waals surface area contributed by atoms with Gasteiger partial charge in [0.2, 0.25) is 0 Å². The fourth-order valence-electron chi connectivity index (χ4n) is 1.59. The van der Waals surface area contributed by atoms with E-state index in [2.05, 4.69) is 26.2 Å².